The Balaban J connectivity index is 2.05. The van der Waals surface area contributed by atoms with Crippen molar-refractivity contribution in [3.63, 3.8) is 0 Å². The van der Waals surface area contributed by atoms with Gasteiger partial charge in [-0.05, 0) is 26.7 Å². The van der Waals surface area contributed by atoms with Crippen LogP contribution in [0.2, 0.25) is 0 Å². The predicted molar refractivity (Wildman–Crippen MR) is 66.5 cm³/mol. The maximum atomic E-state index is 12.0. The quantitative estimate of drug-likeness (QED) is 0.736. The van der Waals surface area contributed by atoms with E-state index in [4.69, 9.17) is 4.74 Å². The van der Waals surface area contributed by atoms with E-state index in [-0.39, 0.29) is 24.8 Å². The number of ether oxygens (including phenoxy) is 1. The van der Waals surface area contributed by atoms with E-state index in [2.05, 4.69) is 10.3 Å². The van der Waals surface area contributed by atoms with Crippen LogP contribution in [0.5, 0.6) is 0 Å². The summed E-state index contributed by atoms with van der Waals surface area (Å²) in [6, 6.07) is 0. The zero-order chi connectivity index (χ0) is 13.8. The van der Waals surface area contributed by atoms with Crippen molar-refractivity contribution in [3.05, 3.63) is 11.4 Å². The Kier molecular flexibility index (Phi) is 4.13. The summed E-state index contributed by atoms with van der Waals surface area (Å²) in [7, 11) is 0. The van der Waals surface area contributed by atoms with Crippen LogP contribution in [0.1, 0.15) is 35.9 Å². The average molecular weight is 266 g/mol. The molecule has 1 fully saturated rings. The van der Waals surface area contributed by atoms with Crippen molar-refractivity contribution >= 4 is 11.9 Å². The van der Waals surface area contributed by atoms with E-state index in [1.165, 1.54) is 4.68 Å². The van der Waals surface area contributed by atoms with Gasteiger partial charge in [-0.3, -0.25) is 4.79 Å². The molecule has 0 radical (unpaired) electrons. The summed E-state index contributed by atoms with van der Waals surface area (Å²) in [5, 5.41) is 7.63. The number of aromatic nitrogens is 3. The first-order valence-corrected chi connectivity index (χ1v) is 6.48. The highest BCUT2D eigenvalue weighted by atomic mass is 16.5. The van der Waals surface area contributed by atoms with E-state index in [0.717, 1.165) is 25.9 Å². The van der Waals surface area contributed by atoms with Gasteiger partial charge in [0.05, 0.1) is 12.3 Å². The molecule has 1 aromatic heterocycles. The first kappa shape index (κ1) is 13.5. The van der Waals surface area contributed by atoms with Gasteiger partial charge in [0.2, 0.25) is 5.91 Å². The van der Waals surface area contributed by atoms with E-state index < -0.39 is 5.97 Å². The smallest absolute Gasteiger partial charge is 0.360 e. The third-order valence-electron chi connectivity index (χ3n) is 3.20. The van der Waals surface area contributed by atoms with Crippen LogP contribution in [0.25, 0.3) is 0 Å². The van der Waals surface area contributed by atoms with Crippen LogP contribution in [0.15, 0.2) is 0 Å². The van der Waals surface area contributed by atoms with Gasteiger partial charge in [-0.25, -0.2) is 9.48 Å². The molecule has 7 nitrogen and oxygen atoms in total. The molecule has 1 amide bonds. The Labute approximate surface area is 111 Å². The molecule has 2 heterocycles. The minimum absolute atomic E-state index is 0.0147. The van der Waals surface area contributed by atoms with Gasteiger partial charge < -0.3 is 9.64 Å². The van der Waals surface area contributed by atoms with Crippen molar-refractivity contribution in [1.29, 1.82) is 0 Å². The van der Waals surface area contributed by atoms with Gasteiger partial charge >= 0.3 is 5.97 Å². The lowest BCUT2D eigenvalue weighted by Gasteiger charge is -2.15. The van der Waals surface area contributed by atoms with Crippen LogP contribution in [0, 0.1) is 6.92 Å². The van der Waals surface area contributed by atoms with Crippen molar-refractivity contribution < 1.29 is 14.3 Å². The normalized spacial score (nSPS) is 14.7. The third-order valence-corrected chi connectivity index (χ3v) is 3.20. The van der Waals surface area contributed by atoms with E-state index in [1.54, 1.807) is 13.8 Å². The second-order valence-electron chi connectivity index (χ2n) is 4.49. The molecule has 0 aliphatic carbocycles. The molecule has 1 aliphatic heterocycles. The Bertz CT molecular complexity index is 477. The summed E-state index contributed by atoms with van der Waals surface area (Å²) < 4.78 is 6.33. The van der Waals surface area contributed by atoms with Crippen LogP contribution in [0.4, 0.5) is 0 Å². The summed E-state index contributed by atoms with van der Waals surface area (Å²) in [6.07, 6.45) is 2.10. The number of nitrogens with zero attached hydrogens (tertiary/aromatic N) is 4. The first-order valence-electron chi connectivity index (χ1n) is 6.48. The monoisotopic (exact) mass is 266 g/mol. The molecule has 0 aromatic carbocycles. The molecule has 0 bridgehead atoms. The lowest BCUT2D eigenvalue weighted by Crippen LogP contribution is -2.31. The lowest BCUT2D eigenvalue weighted by atomic mass is 10.3. The number of hydrogen-bond acceptors (Lipinski definition) is 5. The average Bonchev–Trinajstić information content (AvgIpc) is 3.01. The molecule has 0 N–H and O–H groups in total. The van der Waals surface area contributed by atoms with Crippen molar-refractivity contribution in [2.45, 2.75) is 33.2 Å². The third kappa shape index (κ3) is 2.91. The summed E-state index contributed by atoms with van der Waals surface area (Å²) in [5.41, 5.74) is 0.738. The Morgan fingerprint density at radius 2 is 2.00 bits per heavy atom. The van der Waals surface area contributed by atoms with E-state index >= 15 is 0 Å². The van der Waals surface area contributed by atoms with E-state index in [1.807, 2.05) is 4.90 Å². The second kappa shape index (κ2) is 5.81. The maximum absolute atomic E-state index is 12.0. The molecule has 2 rings (SSSR count). The summed E-state index contributed by atoms with van der Waals surface area (Å²) in [5.74, 6) is -0.485. The molecule has 0 unspecified atom stereocenters. The van der Waals surface area contributed by atoms with Gasteiger partial charge in [0.15, 0.2) is 5.69 Å². The minimum Gasteiger partial charge on any atom is -0.461 e. The Morgan fingerprint density at radius 1 is 1.32 bits per heavy atom. The number of carbonyl (C=O) groups is 2. The summed E-state index contributed by atoms with van der Waals surface area (Å²) >= 11 is 0. The fraction of sp³-hybridized carbons (Fsp3) is 0.667. The van der Waals surface area contributed by atoms with Gasteiger partial charge in [0, 0.05) is 13.1 Å². The molecule has 7 heteroatoms. The van der Waals surface area contributed by atoms with Crippen molar-refractivity contribution in [2.75, 3.05) is 19.7 Å². The van der Waals surface area contributed by atoms with E-state index in [9.17, 15) is 9.59 Å². The van der Waals surface area contributed by atoms with Crippen LogP contribution < -0.4 is 0 Å². The lowest BCUT2D eigenvalue weighted by molar-refractivity contribution is -0.131. The fourth-order valence-electron chi connectivity index (χ4n) is 2.09. The zero-order valence-corrected chi connectivity index (χ0v) is 11.3. The minimum atomic E-state index is -0.500. The van der Waals surface area contributed by atoms with Gasteiger partial charge in [-0.1, -0.05) is 5.21 Å². The number of esters is 1. The maximum Gasteiger partial charge on any atom is 0.360 e. The fourth-order valence-corrected chi connectivity index (χ4v) is 2.09. The van der Waals surface area contributed by atoms with Crippen LogP contribution >= 0.6 is 0 Å². The van der Waals surface area contributed by atoms with Gasteiger partial charge in [-0.2, -0.15) is 0 Å². The second-order valence-corrected chi connectivity index (χ2v) is 4.49. The summed E-state index contributed by atoms with van der Waals surface area (Å²) in [4.78, 5) is 25.4. The summed E-state index contributed by atoms with van der Waals surface area (Å²) in [6.45, 7) is 5.46. The van der Waals surface area contributed by atoms with Crippen molar-refractivity contribution in [1.82, 2.24) is 19.9 Å². The molecule has 0 spiro atoms. The number of hydrogen-bond donors (Lipinski definition) is 0. The topological polar surface area (TPSA) is 77.3 Å². The van der Waals surface area contributed by atoms with Crippen LogP contribution in [-0.2, 0) is 16.1 Å². The standard InChI is InChI=1S/C12H18N4O3/c1-3-19-12(18)11-9(2)16(14-13-11)8-10(17)15-6-4-5-7-15/h3-8H2,1-2H3. The Morgan fingerprint density at radius 3 is 2.63 bits per heavy atom. The van der Waals surface area contributed by atoms with E-state index in [0.29, 0.717) is 5.69 Å². The molecular formula is C12H18N4O3. The molecular weight excluding hydrogens is 248 g/mol. The highest BCUT2D eigenvalue weighted by molar-refractivity contribution is 5.88. The van der Waals surface area contributed by atoms with Crippen LogP contribution in [0.3, 0.4) is 0 Å². The SMILES string of the molecule is CCOC(=O)c1nnn(CC(=O)N2CCCC2)c1C. The highest BCUT2D eigenvalue weighted by Gasteiger charge is 2.22. The molecule has 1 aromatic rings. The molecule has 0 atom stereocenters. The first-order chi connectivity index (χ1) is 9.13. The molecule has 1 saturated heterocycles. The zero-order valence-electron chi connectivity index (χ0n) is 11.3. The van der Waals surface area contributed by atoms with Crippen molar-refractivity contribution in [3.8, 4) is 0 Å². The van der Waals surface area contributed by atoms with Crippen LogP contribution in [-0.4, -0.2) is 51.5 Å². The largest absolute Gasteiger partial charge is 0.461 e. The van der Waals surface area contributed by atoms with Crippen molar-refractivity contribution in [2.24, 2.45) is 0 Å². The van der Waals surface area contributed by atoms with Gasteiger partial charge in [0.25, 0.3) is 0 Å². The predicted octanol–water partition coefficient (Wildman–Crippen LogP) is 0.386. The number of likely N-dealkylation sites (tertiary alicyclic amines) is 1. The molecule has 0 saturated carbocycles. The molecule has 104 valence electrons. The Hall–Kier alpha value is -1.92. The molecule has 1 aliphatic rings. The molecule has 19 heavy (non-hydrogen) atoms. The number of rotatable bonds is 4. The van der Waals surface area contributed by atoms with Gasteiger partial charge in [0.1, 0.15) is 6.54 Å². The number of carbonyl (C=O) groups excluding carboxylic acids is 2. The highest BCUT2D eigenvalue weighted by Crippen LogP contribution is 2.10. The number of amides is 1. The van der Waals surface area contributed by atoms with Gasteiger partial charge in [-0.15, -0.1) is 5.10 Å².